The van der Waals surface area contributed by atoms with Gasteiger partial charge in [-0.25, -0.2) is 4.98 Å². The second-order valence-electron chi connectivity index (χ2n) is 4.38. The minimum atomic E-state index is 0.383. The SMILES string of the molecule is Cc1cc(NC2CSc3ccccc32)cnc1Br. The van der Waals surface area contributed by atoms with E-state index >= 15 is 0 Å². The number of pyridine rings is 1. The third kappa shape index (κ3) is 2.27. The summed E-state index contributed by atoms with van der Waals surface area (Å²) in [7, 11) is 0. The number of anilines is 1. The lowest BCUT2D eigenvalue weighted by molar-refractivity contribution is 0.897. The topological polar surface area (TPSA) is 24.9 Å². The number of fused-ring (bicyclic) bond motifs is 1. The van der Waals surface area contributed by atoms with Crippen LogP contribution in [0.3, 0.4) is 0 Å². The lowest BCUT2D eigenvalue weighted by atomic mass is 10.1. The van der Waals surface area contributed by atoms with Crippen molar-refractivity contribution in [3.05, 3.63) is 52.3 Å². The van der Waals surface area contributed by atoms with E-state index in [1.54, 1.807) is 0 Å². The molecule has 2 heterocycles. The summed E-state index contributed by atoms with van der Waals surface area (Å²) in [6.07, 6.45) is 1.88. The van der Waals surface area contributed by atoms with Gasteiger partial charge >= 0.3 is 0 Å². The molecule has 0 spiro atoms. The molecular formula is C14H13BrN2S. The summed E-state index contributed by atoms with van der Waals surface area (Å²) in [6.45, 7) is 2.06. The Bertz CT molecular complexity index is 586. The molecule has 1 unspecified atom stereocenters. The van der Waals surface area contributed by atoms with Crippen molar-refractivity contribution in [2.24, 2.45) is 0 Å². The number of thioether (sulfide) groups is 1. The number of aromatic nitrogens is 1. The first-order chi connectivity index (χ1) is 8.74. The maximum atomic E-state index is 4.32. The lowest BCUT2D eigenvalue weighted by Crippen LogP contribution is -2.10. The maximum Gasteiger partial charge on any atom is 0.109 e. The van der Waals surface area contributed by atoms with E-state index < -0.39 is 0 Å². The van der Waals surface area contributed by atoms with Gasteiger partial charge in [0.05, 0.1) is 17.9 Å². The highest BCUT2D eigenvalue weighted by Crippen LogP contribution is 2.39. The van der Waals surface area contributed by atoms with Crippen LogP contribution in [0.15, 0.2) is 46.0 Å². The van der Waals surface area contributed by atoms with Gasteiger partial charge in [-0.05, 0) is 46.1 Å². The quantitative estimate of drug-likeness (QED) is 0.829. The van der Waals surface area contributed by atoms with E-state index in [4.69, 9.17) is 0 Å². The van der Waals surface area contributed by atoms with Crippen molar-refractivity contribution in [3.8, 4) is 0 Å². The predicted molar refractivity (Wildman–Crippen MR) is 80.2 cm³/mol. The molecule has 0 saturated carbocycles. The minimum absolute atomic E-state index is 0.383. The maximum absolute atomic E-state index is 4.32. The summed E-state index contributed by atoms with van der Waals surface area (Å²) < 4.78 is 0.911. The molecule has 1 aliphatic heterocycles. The van der Waals surface area contributed by atoms with Gasteiger partial charge in [-0.2, -0.15) is 0 Å². The minimum Gasteiger partial charge on any atom is -0.376 e. The fourth-order valence-corrected chi connectivity index (χ4v) is 3.50. The van der Waals surface area contributed by atoms with Gasteiger partial charge in [0.1, 0.15) is 4.60 Å². The number of benzene rings is 1. The van der Waals surface area contributed by atoms with Crippen LogP contribution in [0.25, 0.3) is 0 Å². The zero-order valence-electron chi connectivity index (χ0n) is 9.98. The Hall–Kier alpha value is -1.00. The van der Waals surface area contributed by atoms with Crippen LogP contribution in [0.2, 0.25) is 0 Å². The molecule has 2 nitrogen and oxygen atoms in total. The molecule has 1 aliphatic rings. The van der Waals surface area contributed by atoms with Crippen molar-refractivity contribution in [2.75, 3.05) is 11.1 Å². The van der Waals surface area contributed by atoms with Gasteiger partial charge in [-0.1, -0.05) is 18.2 Å². The standard InChI is InChI=1S/C14H13BrN2S/c1-9-6-10(7-16-14(9)15)17-12-8-18-13-5-3-2-4-11(12)13/h2-7,12,17H,8H2,1H3. The smallest absolute Gasteiger partial charge is 0.109 e. The van der Waals surface area contributed by atoms with Crippen LogP contribution >= 0.6 is 27.7 Å². The van der Waals surface area contributed by atoms with E-state index in [0.717, 1.165) is 21.6 Å². The molecule has 0 saturated heterocycles. The van der Waals surface area contributed by atoms with Crippen LogP contribution in [0.4, 0.5) is 5.69 Å². The Balaban J connectivity index is 1.84. The average molecular weight is 321 g/mol. The highest BCUT2D eigenvalue weighted by Gasteiger charge is 2.22. The highest BCUT2D eigenvalue weighted by atomic mass is 79.9. The Kier molecular flexibility index (Phi) is 3.31. The van der Waals surface area contributed by atoms with Gasteiger partial charge in [0.25, 0.3) is 0 Å². The van der Waals surface area contributed by atoms with Gasteiger partial charge in [-0.15, -0.1) is 11.8 Å². The monoisotopic (exact) mass is 320 g/mol. The summed E-state index contributed by atoms with van der Waals surface area (Å²) in [6, 6.07) is 11.1. The Morgan fingerprint density at radius 3 is 3.06 bits per heavy atom. The molecule has 0 radical (unpaired) electrons. The molecule has 1 aromatic heterocycles. The van der Waals surface area contributed by atoms with E-state index in [9.17, 15) is 0 Å². The van der Waals surface area contributed by atoms with Crippen molar-refractivity contribution in [3.63, 3.8) is 0 Å². The second kappa shape index (κ2) is 4.94. The molecule has 0 amide bonds. The number of hydrogen-bond acceptors (Lipinski definition) is 3. The van der Waals surface area contributed by atoms with Crippen molar-refractivity contribution in [1.82, 2.24) is 4.98 Å². The normalized spacial score (nSPS) is 17.6. The largest absolute Gasteiger partial charge is 0.376 e. The van der Waals surface area contributed by atoms with Gasteiger partial charge in [0.2, 0.25) is 0 Å². The van der Waals surface area contributed by atoms with Gasteiger partial charge in [0.15, 0.2) is 0 Å². The van der Waals surface area contributed by atoms with E-state index in [-0.39, 0.29) is 0 Å². The van der Waals surface area contributed by atoms with Gasteiger partial charge < -0.3 is 5.32 Å². The highest BCUT2D eigenvalue weighted by molar-refractivity contribution is 9.10. The molecule has 18 heavy (non-hydrogen) atoms. The first-order valence-electron chi connectivity index (χ1n) is 5.84. The van der Waals surface area contributed by atoms with Crippen molar-refractivity contribution >= 4 is 33.4 Å². The molecule has 3 rings (SSSR count). The van der Waals surface area contributed by atoms with Gasteiger partial charge in [-0.3, -0.25) is 0 Å². The number of hydrogen-bond donors (Lipinski definition) is 1. The van der Waals surface area contributed by atoms with Crippen LogP contribution in [0.1, 0.15) is 17.2 Å². The first kappa shape index (κ1) is 12.1. The van der Waals surface area contributed by atoms with Crippen molar-refractivity contribution in [1.29, 1.82) is 0 Å². The van der Waals surface area contributed by atoms with E-state index in [0.29, 0.717) is 6.04 Å². The van der Waals surface area contributed by atoms with Crippen LogP contribution in [0, 0.1) is 6.92 Å². The number of halogens is 1. The molecular weight excluding hydrogens is 308 g/mol. The Labute approximate surface area is 119 Å². The molecule has 0 fully saturated rings. The summed E-state index contributed by atoms with van der Waals surface area (Å²) in [5.74, 6) is 1.08. The van der Waals surface area contributed by atoms with Crippen LogP contribution in [0.5, 0.6) is 0 Å². The number of nitrogens with one attached hydrogen (secondary N) is 1. The summed E-state index contributed by atoms with van der Waals surface area (Å²) >= 11 is 5.34. The third-order valence-corrected chi connectivity index (χ3v) is 5.07. The average Bonchev–Trinajstić information content (AvgIpc) is 2.78. The van der Waals surface area contributed by atoms with Crippen molar-refractivity contribution in [2.45, 2.75) is 17.9 Å². The number of nitrogens with zero attached hydrogens (tertiary/aromatic N) is 1. The molecule has 1 aromatic carbocycles. The molecule has 92 valence electrons. The molecule has 1 N–H and O–H groups in total. The number of aryl methyl sites for hydroxylation is 1. The molecule has 2 aromatic rings. The van der Waals surface area contributed by atoms with E-state index in [1.165, 1.54) is 10.5 Å². The Morgan fingerprint density at radius 1 is 1.39 bits per heavy atom. The summed E-state index contributed by atoms with van der Waals surface area (Å²) in [4.78, 5) is 5.71. The van der Waals surface area contributed by atoms with Crippen LogP contribution < -0.4 is 5.32 Å². The fourth-order valence-electron chi connectivity index (χ4n) is 2.12. The summed E-state index contributed by atoms with van der Waals surface area (Å²) in [5.41, 5.74) is 3.63. The molecule has 4 heteroatoms. The van der Waals surface area contributed by atoms with Crippen LogP contribution in [-0.2, 0) is 0 Å². The van der Waals surface area contributed by atoms with Gasteiger partial charge in [0, 0.05) is 10.6 Å². The predicted octanol–water partition coefficient (Wildman–Crippen LogP) is 4.41. The van der Waals surface area contributed by atoms with Crippen molar-refractivity contribution < 1.29 is 0 Å². The second-order valence-corrected chi connectivity index (χ2v) is 6.19. The zero-order valence-corrected chi connectivity index (χ0v) is 12.4. The zero-order chi connectivity index (χ0) is 12.5. The van der Waals surface area contributed by atoms with E-state index in [1.807, 2.05) is 18.0 Å². The fraction of sp³-hybridized carbons (Fsp3) is 0.214. The first-order valence-corrected chi connectivity index (χ1v) is 7.62. The lowest BCUT2D eigenvalue weighted by Gasteiger charge is -2.15. The molecule has 0 aliphatic carbocycles. The van der Waals surface area contributed by atoms with E-state index in [2.05, 4.69) is 63.5 Å². The third-order valence-electron chi connectivity index (χ3n) is 3.06. The molecule has 0 bridgehead atoms. The molecule has 1 atom stereocenters. The summed E-state index contributed by atoms with van der Waals surface area (Å²) in [5, 5.41) is 3.56. The number of rotatable bonds is 2. The van der Waals surface area contributed by atoms with Crippen LogP contribution in [-0.4, -0.2) is 10.7 Å². The Morgan fingerprint density at radius 2 is 2.22 bits per heavy atom.